The first-order valence-corrected chi connectivity index (χ1v) is 8.15. The van der Waals surface area contributed by atoms with Gasteiger partial charge in [0.2, 0.25) is 0 Å². The third kappa shape index (κ3) is 3.45. The summed E-state index contributed by atoms with van der Waals surface area (Å²) >= 11 is 1.37. The van der Waals surface area contributed by atoms with E-state index in [4.69, 9.17) is 5.11 Å². The number of piperazine rings is 1. The second kappa shape index (κ2) is 6.46. The average Bonchev–Trinajstić information content (AvgIpc) is 2.97. The largest absolute Gasteiger partial charge is 0.477 e. The number of anilines is 1. The van der Waals surface area contributed by atoms with E-state index in [0.717, 1.165) is 43.4 Å². The number of aromatic carboxylic acids is 1. The van der Waals surface area contributed by atoms with Crippen molar-refractivity contribution < 1.29 is 9.90 Å². The second-order valence-electron chi connectivity index (χ2n) is 5.53. The van der Waals surface area contributed by atoms with E-state index in [1.54, 1.807) is 6.07 Å². The van der Waals surface area contributed by atoms with E-state index in [1.165, 1.54) is 16.9 Å². The van der Waals surface area contributed by atoms with Crippen LogP contribution in [0.2, 0.25) is 0 Å². The maximum atomic E-state index is 10.9. The number of carboxylic acid groups (broad SMARTS) is 1. The van der Waals surface area contributed by atoms with Gasteiger partial charge in [-0.15, -0.1) is 11.3 Å². The van der Waals surface area contributed by atoms with Gasteiger partial charge in [0, 0.05) is 43.8 Å². The molecule has 0 bridgehead atoms. The molecule has 1 fully saturated rings. The first kappa shape index (κ1) is 15.0. The summed E-state index contributed by atoms with van der Waals surface area (Å²) in [6.45, 7) is 6.75. The van der Waals surface area contributed by atoms with Gasteiger partial charge < -0.3 is 10.0 Å². The van der Waals surface area contributed by atoms with E-state index in [2.05, 4.69) is 27.8 Å². The van der Waals surface area contributed by atoms with Gasteiger partial charge in [-0.05, 0) is 36.8 Å². The Kier molecular flexibility index (Phi) is 4.40. The fourth-order valence-corrected chi connectivity index (χ4v) is 3.52. The summed E-state index contributed by atoms with van der Waals surface area (Å²) in [6.07, 6.45) is 1.86. The van der Waals surface area contributed by atoms with Crippen molar-refractivity contribution in [2.45, 2.75) is 13.5 Å². The van der Waals surface area contributed by atoms with Crippen LogP contribution in [-0.4, -0.2) is 47.1 Å². The third-order valence-electron chi connectivity index (χ3n) is 3.85. The van der Waals surface area contributed by atoms with Gasteiger partial charge in [0.05, 0.1) is 0 Å². The minimum Gasteiger partial charge on any atom is -0.477 e. The molecule has 22 heavy (non-hydrogen) atoms. The van der Waals surface area contributed by atoms with Gasteiger partial charge >= 0.3 is 5.97 Å². The van der Waals surface area contributed by atoms with Crippen molar-refractivity contribution in [1.82, 2.24) is 9.88 Å². The van der Waals surface area contributed by atoms with Crippen molar-refractivity contribution in [3.05, 3.63) is 45.8 Å². The zero-order valence-electron chi connectivity index (χ0n) is 12.5. The Morgan fingerprint density at radius 3 is 2.68 bits per heavy atom. The topological polar surface area (TPSA) is 56.7 Å². The molecule has 3 heterocycles. The van der Waals surface area contributed by atoms with Gasteiger partial charge in [-0.3, -0.25) is 4.90 Å². The van der Waals surface area contributed by atoms with Crippen LogP contribution in [0.4, 0.5) is 5.82 Å². The van der Waals surface area contributed by atoms with Crippen LogP contribution in [-0.2, 0) is 6.54 Å². The average molecular weight is 317 g/mol. The molecule has 6 heteroatoms. The van der Waals surface area contributed by atoms with Crippen LogP contribution in [0.3, 0.4) is 0 Å². The van der Waals surface area contributed by atoms with Gasteiger partial charge in [0.1, 0.15) is 10.7 Å². The normalized spacial score (nSPS) is 16.0. The number of pyridine rings is 1. The molecule has 0 saturated carbocycles. The van der Waals surface area contributed by atoms with Crippen molar-refractivity contribution in [3.63, 3.8) is 0 Å². The van der Waals surface area contributed by atoms with Crippen molar-refractivity contribution in [3.8, 4) is 0 Å². The highest BCUT2D eigenvalue weighted by molar-refractivity contribution is 7.13. The molecule has 2 aromatic heterocycles. The number of nitrogens with zero attached hydrogens (tertiary/aromatic N) is 3. The van der Waals surface area contributed by atoms with E-state index in [0.29, 0.717) is 4.88 Å². The highest BCUT2D eigenvalue weighted by Crippen LogP contribution is 2.20. The van der Waals surface area contributed by atoms with Crippen LogP contribution in [0.1, 0.15) is 20.1 Å². The maximum absolute atomic E-state index is 10.9. The molecule has 0 atom stereocenters. The molecule has 1 aliphatic rings. The fourth-order valence-electron chi connectivity index (χ4n) is 2.63. The van der Waals surface area contributed by atoms with E-state index >= 15 is 0 Å². The summed E-state index contributed by atoms with van der Waals surface area (Å²) in [4.78, 5) is 21.6. The van der Waals surface area contributed by atoms with Crippen molar-refractivity contribution >= 4 is 23.1 Å². The number of hydrogen-bond acceptors (Lipinski definition) is 5. The lowest BCUT2D eigenvalue weighted by molar-refractivity contribution is 0.0702. The van der Waals surface area contributed by atoms with Gasteiger partial charge in [-0.2, -0.15) is 0 Å². The van der Waals surface area contributed by atoms with E-state index in [1.807, 2.05) is 18.3 Å². The summed E-state index contributed by atoms with van der Waals surface area (Å²) in [5.74, 6) is 0.204. The minimum absolute atomic E-state index is 0.414. The molecule has 1 N–H and O–H groups in total. The number of hydrogen-bond donors (Lipinski definition) is 1. The van der Waals surface area contributed by atoms with Gasteiger partial charge in [-0.25, -0.2) is 9.78 Å². The molecule has 0 unspecified atom stereocenters. The Morgan fingerprint density at radius 1 is 1.27 bits per heavy atom. The molecule has 0 aliphatic carbocycles. The minimum atomic E-state index is -0.841. The lowest BCUT2D eigenvalue weighted by atomic mass is 10.2. The number of carboxylic acids is 1. The molecule has 1 aliphatic heterocycles. The third-order valence-corrected chi connectivity index (χ3v) is 4.91. The molecule has 3 rings (SSSR count). The summed E-state index contributed by atoms with van der Waals surface area (Å²) in [5.41, 5.74) is 1.23. The zero-order valence-corrected chi connectivity index (χ0v) is 13.3. The van der Waals surface area contributed by atoms with Gasteiger partial charge in [0.25, 0.3) is 0 Å². The molecule has 0 radical (unpaired) electrons. The Hall–Kier alpha value is -1.92. The Bertz CT molecular complexity index is 663. The summed E-state index contributed by atoms with van der Waals surface area (Å²) in [7, 11) is 0. The lowest BCUT2D eigenvalue weighted by Crippen LogP contribution is -2.46. The van der Waals surface area contributed by atoms with Crippen LogP contribution in [0.5, 0.6) is 0 Å². The molecular weight excluding hydrogens is 298 g/mol. The molecule has 0 amide bonds. The summed E-state index contributed by atoms with van der Waals surface area (Å²) in [5, 5.41) is 8.97. The van der Waals surface area contributed by atoms with Crippen LogP contribution in [0, 0.1) is 6.92 Å². The number of aromatic nitrogens is 1. The first-order valence-electron chi connectivity index (χ1n) is 7.34. The quantitative estimate of drug-likeness (QED) is 0.939. The number of carbonyl (C=O) groups is 1. The van der Waals surface area contributed by atoms with Crippen molar-refractivity contribution in [1.29, 1.82) is 0 Å². The highest BCUT2D eigenvalue weighted by atomic mass is 32.1. The van der Waals surface area contributed by atoms with Gasteiger partial charge in [-0.1, -0.05) is 0 Å². The molecule has 0 spiro atoms. The molecule has 0 aromatic carbocycles. The molecule has 116 valence electrons. The fraction of sp³-hybridized carbons (Fsp3) is 0.375. The Morgan fingerprint density at radius 2 is 2.05 bits per heavy atom. The van der Waals surface area contributed by atoms with E-state index in [9.17, 15) is 4.79 Å². The van der Waals surface area contributed by atoms with Crippen LogP contribution < -0.4 is 4.90 Å². The van der Waals surface area contributed by atoms with Crippen LogP contribution >= 0.6 is 11.3 Å². The lowest BCUT2D eigenvalue weighted by Gasteiger charge is -2.35. The van der Waals surface area contributed by atoms with E-state index < -0.39 is 5.97 Å². The molecule has 1 saturated heterocycles. The highest BCUT2D eigenvalue weighted by Gasteiger charge is 2.19. The van der Waals surface area contributed by atoms with E-state index in [-0.39, 0.29) is 0 Å². The monoisotopic (exact) mass is 317 g/mol. The molecule has 5 nitrogen and oxygen atoms in total. The maximum Gasteiger partial charge on any atom is 0.345 e. The van der Waals surface area contributed by atoms with Gasteiger partial charge in [0.15, 0.2) is 0 Å². The summed E-state index contributed by atoms with van der Waals surface area (Å²) in [6, 6.07) is 7.74. The molecule has 2 aromatic rings. The second-order valence-corrected chi connectivity index (χ2v) is 6.69. The van der Waals surface area contributed by atoms with Crippen LogP contribution in [0.25, 0.3) is 0 Å². The Labute approximate surface area is 133 Å². The van der Waals surface area contributed by atoms with Crippen molar-refractivity contribution in [2.75, 3.05) is 31.1 Å². The number of aryl methyl sites for hydroxylation is 1. The predicted octanol–water partition coefficient (Wildman–Crippen LogP) is 2.47. The Balaban J connectivity index is 1.56. The summed E-state index contributed by atoms with van der Waals surface area (Å²) < 4.78 is 0. The standard InChI is InChI=1S/C16H19N3O2S/c1-12-4-5-17-15(10-12)19-8-6-18(7-9-19)11-13-2-3-14(22-13)16(20)21/h2-5,10H,6-9,11H2,1H3,(H,20,21). The zero-order chi connectivity index (χ0) is 15.5. The smallest absolute Gasteiger partial charge is 0.345 e. The van der Waals surface area contributed by atoms with Crippen molar-refractivity contribution in [2.24, 2.45) is 0 Å². The molecular formula is C16H19N3O2S. The van der Waals surface area contributed by atoms with Crippen LogP contribution in [0.15, 0.2) is 30.5 Å². The number of rotatable bonds is 4. The predicted molar refractivity (Wildman–Crippen MR) is 87.7 cm³/mol. The SMILES string of the molecule is Cc1ccnc(N2CCN(Cc3ccc(C(=O)O)s3)CC2)c1. The first-order chi connectivity index (χ1) is 10.6. The number of thiophene rings is 1.